The molecule has 0 spiro atoms. The SMILES string of the molecule is CNCC[C@H](Oc1cccc2ccoc12)c1ccc(C)s1.S. The number of fused-ring (bicyclic) bond motifs is 1. The molecule has 118 valence electrons. The fourth-order valence-corrected chi connectivity index (χ4v) is 3.31. The molecule has 0 aliphatic heterocycles. The topological polar surface area (TPSA) is 34.4 Å². The second kappa shape index (κ2) is 7.72. The van der Waals surface area contributed by atoms with Crippen LogP contribution in [0.2, 0.25) is 0 Å². The molecule has 1 atom stereocenters. The average molecular weight is 335 g/mol. The van der Waals surface area contributed by atoms with Crippen molar-refractivity contribution in [3.63, 3.8) is 0 Å². The Balaban J connectivity index is 0.00000176. The van der Waals surface area contributed by atoms with Gasteiger partial charge in [-0.3, -0.25) is 0 Å². The molecular weight excluding hydrogens is 314 g/mol. The fourth-order valence-electron chi connectivity index (χ4n) is 2.37. The summed E-state index contributed by atoms with van der Waals surface area (Å²) in [4.78, 5) is 2.56. The van der Waals surface area contributed by atoms with Crippen molar-refractivity contribution >= 4 is 35.8 Å². The molecule has 22 heavy (non-hydrogen) atoms. The molecule has 0 aliphatic carbocycles. The maximum atomic E-state index is 6.26. The number of aryl methyl sites for hydroxylation is 1. The summed E-state index contributed by atoms with van der Waals surface area (Å²) < 4.78 is 11.8. The Labute approximate surface area is 141 Å². The molecule has 1 N–H and O–H groups in total. The van der Waals surface area contributed by atoms with Gasteiger partial charge in [0.2, 0.25) is 0 Å². The first-order chi connectivity index (χ1) is 10.3. The van der Waals surface area contributed by atoms with Crippen LogP contribution in [-0.4, -0.2) is 13.6 Å². The predicted molar refractivity (Wildman–Crippen MR) is 97.6 cm³/mol. The van der Waals surface area contributed by atoms with E-state index in [-0.39, 0.29) is 19.6 Å². The van der Waals surface area contributed by atoms with E-state index in [1.54, 1.807) is 17.6 Å². The lowest BCUT2D eigenvalue weighted by Crippen LogP contribution is -2.15. The van der Waals surface area contributed by atoms with Gasteiger partial charge in [0.05, 0.1) is 6.26 Å². The number of benzene rings is 1. The van der Waals surface area contributed by atoms with Crippen molar-refractivity contribution in [2.75, 3.05) is 13.6 Å². The van der Waals surface area contributed by atoms with E-state index in [1.165, 1.54) is 9.75 Å². The van der Waals surface area contributed by atoms with Gasteiger partial charge < -0.3 is 14.5 Å². The highest BCUT2D eigenvalue weighted by Crippen LogP contribution is 2.33. The molecule has 0 saturated heterocycles. The highest BCUT2D eigenvalue weighted by atomic mass is 32.1. The third-order valence-electron chi connectivity index (χ3n) is 3.45. The Morgan fingerprint density at radius 2 is 2.09 bits per heavy atom. The summed E-state index contributed by atoms with van der Waals surface area (Å²) >= 11 is 1.79. The number of thiophene rings is 1. The minimum Gasteiger partial charge on any atom is -0.481 e. The van der Waals surface area contributed by atoms with Gasteiger partial charge in [0.15, 0.2) is 11.3 Å². The molecule has 3 rings (SSSR count). The molecular formula is C17H21NO2S2. The number of nitrogens with one attached hydrogen (secondary N) is 1. The number of hydrogen-bond donors (Lipinski definition) is 1. The first kappa shape index (κ1) is 16.9. The number of rotatable bonds is 6. The van der Waals surface area contributed by atoms with Gasteiger partial charge in [-0.2, -0.15) is 13.5 Å². The van der Waals surface area contributed by atoms with Crippen LogP contribution in [-0.2, 0) is 0 Å². The molecule has 0 unspecified atom stereocenters. The molecule has 3 nitrogen and oxygen atoms in total. The maximum absolute atomic E-state index is 6.26. The van der Waals surface area contributed by atoms with Gasteiger partial charge in [-0.1, -0.05) is 12.1 Å². The maximum Gasteiger partial charge on any atom is 0.175 e. The summed E-state index contributed by atoms with van der Waals surface area (Å²) in [5.41, 5.74) is 0.820. The molecule has 0 bridgehead atoms. The van der Waals surface area contributed by atoms with Crippen molar-refractivity contribution in [2.24, 2.45) is 0 Å². The fraction of sp³-hybridized carbons (Fsp3) is 0.294. The summed E-state index contributed by atoms with van der Waals surface area (Å²) in [7, 11) is 1.96. The summed E-state index contributed by atoms with van der Waals surface area (Å²) in [6.07, 6.45) is 2.68. The van der Waals surface area contributed by atoms with Crippen molar-refractivity contribution < 1.29 is 9.15 Å². The van der Waals surface area contributed by atoms with Crippen molar-refractivity contribution in [1.82, 2.24) is 5.32 Å². The van der Waals surface area contributed by atoms with E-state index < -0.39 is 0 Å². The minimum absolute atomic E-state index is 0. The van der Waals surface area contributed by atoms with Crippen LogP contribution in [0.25, 0.3) is 11.0 Å². The molecule has 0 saturated carbocycles. The summed E-state index contributed by atoms with van der Waals surface area (Å²) in [6, 6.07) is 12.3. The first-order valence-electron chi connectivity index (χ1n) is 7.12. The highest BCUT2D eigenvalue weighted by Gasteiger charge is 2.17. The Bertz CT molecular complexity index is 720. The lowest BCUT2D eigenvalue weighted by atomic mass is 10.2. The van der Waals surface area contributed by atoms with E-state index >= 15 is 0 Å². The van der Waals surface area contributed by atoms with Crippen LogP contribution < -0.4 is 10.1 Å². The third kappa shape index (κ3) is 3.66. The second-order valence-electron chi connectivity index (χ2n) is 5.04. The molecule has 3 aromatic rings. The number of para-hydroxylation sites is 1. The van der Waals surface area contributed by atoms with Crippen LogP contribution in [0, 0.1) is 6.92 Å². The zero-order valence-electron chi connectivity index (χ0n) is 12.8. The van der Waals surface area contributed by atoms with E-state index in [9.17, 15) is 0 Å². The highest BCUT2D eigenvalue weighted by molar-refractivity contribution is 7.59. The lowest BCUT2D eigenvalue weighted by molar-refractivity contribution is 0.199. The van der Waals surface area contributed by atoms with Gasteiger partial charge in [-0.15, -0.1) is 11.3 Å². The van der Waals surface area contributed by atoms with Crippen molar-refractivity contribution in [1.29, 1.82) is 0 Å². The molecule has 0 radical (unpaired) electrons. The van der Waals surface area contributed by atoms with Crippen molar-refractivity contribution in [2.45, 2.75) is 19.4 Å². The smallest absolute Gasteiger partial charge is 0.175 e. The van der Waals surface area contributed by atoms with E-state index in [0.29, 0.717) is 0 Å². The van der Waals surface area contributed by atoms with E-state index in [1.807, 2.05) is 31.3 Å². The first-order valence-corrected chi connectivity index (χ1v) is 7.93. The lowest BCUT2D eigenvalue weighted by Gasteiger charge is -2.18. The molecule has 0 fully saturated rings. The van der Waals surface area contributed by atoms with Gasteiger partial charge in [0.1, 0.15) is 6.10 Å². The monoisotopic (exact) mass is 335 g/mol. The average Bonchev–Trinajstić information content (AvgIpc) is 3.12. The van der Waals surface area contributed by atoms with E-state index in [2.05, 4.69) is 24.4 Å². The Kier molecular flexibility index (Phi) is 5.94. The largest absolute Gasteiger partial charge is 0.481 e. The van der Waals surface area contributed by atoms with Crippen LogP contribution >= 0.6 is 24.8 Å². The summed E-state index contributed by atoms with van der Waals surface area (Å²) in [5.74, 6) is 0.810. The molecule has 1 aromatic carbocycles. The van der Waals surface area contributed by atoms with Gasteiger partial charge in [0, 0.05) is 21.6 Å². The minimum atomic E-state index is 0. The van der Waals surface area contributed by atoms with Gasteiger partial charge in [-0.25, -0.2) is 0 Å². The van der Waals surface area contributed by atoms with E-state index in [0.717, 1.165) is 29.7 Å². The van der Waals surface area contributed by atoms with E-state index in [4.69, 9.17) is 9.15 Å². The number of furan rings is 1. The quantitative estimate of drug-likeness (QED) is 0.712. The van der Waals surface area contributed by atoms with Crippen LogP contribution in [0.3, 0.4) is 0 Å². The standard InChI is InChI=1S/C17H19NO2S.H2S/c1-12-6-7-16(21-12)14(8-10-18-2)20-15-5-3-4-13-9-11-19-17(13)15;/h3-7,9,11,14,18H,8,10H2,1-2H3;1H2/t14-;/m0./s1. The number of ether oxygens (including phenoxy) is 1. The summed E-state index contributed by atoms with van der Waals surface area (Å²) in [5, 5.41) is 4.27. The van der Waals surface area contributed by atoms with Gasteiger partial charge >= 0.3 is 0 Å². The van der Waals surface area contributed by atoms with Crippen molar-refractivity contribution in [3.8, 4) is 5.75 Å². The Morgan fingerprint density at radius 3 is 2.82 bits per heavy atom. The summed E-state index contributed by atoms with van der Waals surface area (Å²) in [6.45, 7) is 3.03. The molecule has 0 aliphatic rings. The third-order valence-corrected chi connectivity index (χ3v) is 4.54. The van der Waals surface area contributed by atoms with Crippen LogP contribution in [0.15, 0.2) is 47.1 Å². The van der Waals surface area contributed by atoms with Crippen molar-refractivity contribution in [3.05, 3.63) is 52.4 Å². The normalized spacial score (nSPS) is 12.1. The van der Waals surface area contributed by atoms with Gasteiger partial charge in [0.25, 0.3) is 0 Å². The van der Waals surface area contributed by atoms with Crippen LogP contribution in [0.4, 0.5) is 0 Å². The van der Waals surface area contributed by atoms with Gasteiger partial charge in [-0.05, 0) is 44.8 Å². The van der Waals surface area contributed by atoms with Crippen LogP contribution in [0.5, 0.6) is 5.75 Å². The molecule has 5 heteroatoms. The molecule has 0 amide bonds. The zero-order chi connectivity index (χ0) is 14.7. The molecule has 2 aromatic heterocycles. The van der Waals surface area contributed by atoms with Crippen LogP contribution in [0.1, 0.15) is 22.3 Å². The zero-order valence-corrected chi connectivity index (χ0v) is 14.6. The molecule has 2 heterocycles. The Morgan fingerprint density at radius 1 is 1.23 bits per heavy atom. The number of hydrogen-bond acceptors (Lipinski definition) is 4. The predicted octanol–water partition coefficient (Wildman–Crippen LogP) is 4.65. The Hall–Kier alpha value is -1.43. The second-order valence-corrected chi connectivity index (χ2v) is 6.36.